The molecule has 19 heavy (non-hydrogen) atoms. The molecule has 0 saturated carbocycles. The molecule has 1 unspecified atom stereocenters. The standard InChI is InChI=1S/C15H22N2O2/c1-3-9-17-15(14(16)18)8-4-5-11-10-12(19-2)6-7-13(11)15/h6-7,10,17H,3-5,8-9H2,1-2H3,(H2,16,18). The number of methoxy groups -OCH3 is 1. The summed E-state index contributed by atoms with van der Waals surface area (Å²) in [7, 11) is 1.65. The Morgan fingerprint density at radius 2 is 2.32 bits per heavy atom. The van der Waals surface area contributed by atoms with Gasteiger partial charge in [-0.2, -0.15) is 0 Å². The predicted molar refractivity (Wildman–Crippen MR) is 75.1 cm³/mol. The Bertz CT molecular complexity index is 473. The number of aryl methyl sites for hydroxylation is 1. The number of rotatable bonds is 5. The Kier molecular flexibility index (Phi) is 4.10. The third-order valence-electron chi connectivity index (χ3n) is 3.87. The van der Waals surface area contributed by atoms with Gasteiger partial charge in [-0.1, -0.05) is 13.0 Å². The maximum absolute atomic E-state index is 12.0. The van der Waals surface area contributed by atoms with Gasteiger partial charge in [0.25, 0.3) is 0 Å². The fraction of sp³-hybridized carbons (Fsp3) is 0.533. The quantitative estimate of drug-likeness (QED) is 0.849. The van der Waals surface area contributed by atoms with E-state index in [0.29, 0.717) is 0 Å². The van der Waals surface area contributed by atoms with Gasteiger partial charge in [-0.15, -0.1) is 0 Å². The third-order valence-corrected chi connectivity index (χ3v) is 3.87. The van der Waals surface area contributed by atoms with Gasteiger partial charge < -0.3 is 10.5 Å². The van der Waals surface area contributed by atoms with Crippen molar-refractivity contribution in [3.63, 3.8) is 0 Å². The number of carbonyl (C=O) groups excluding carboxylic acids is 1. The van der Waals surface area contributed by atoms with Crippen LogP contribution in [0.5, 0.6) is 5.75 Å². The molecule has 1 aromatic carbocycles. The second kappa shape index (κ2) is 5.61. The molecular weight excluding hydrogens is 240 g/mol. The van der Waals surface area contributed by atoms with Crippen LogP contribution in [0.25, 0.3) is 0 Å². The predicted octanol–water partition coefficient (Wildman–Crippen LogP) is 1.71. The number of hydrogen-bond acceptors (Lipinski definition) is 3. The molecular formula is C15H22N2O2. The van der Waals surface area contributed by atoms with Crippen LogP contribution in [0.4, 0.5) is 0 Å². The maximum atomic E-state index is 12.0. The molecule has 0 saturated heterocycles. The van der Waals surface area contributed by atoms with E-state index in [-0.39, 0.29) is 5.91 Å². The molecule has 0 radical (unpaired) electrons. The lowest BCUT2D eigenvalue weighted by Crippen LogP contribution is -2.54. The lowest BCUT2D eigenvalue weighted by Gasteiger charge is -2.37. The summed E-state index contributed by atoms with van der Waals surface area (Å²) in [6.45, 7) is 2.87. The zero-order valence-corrected chi connectivity index (χ0v) is 11.7. The molecule has 3 N–H and O–H groups in total. The van der Waals surface area contributed by atoms with E-state index in [0.717, 1.165) is 49.1 Å². The van der Waals surface area contributed by atoms with Crippen LogP contribution in [0, 0.1) is 0 Å². The van der Waals surface area contributed by atoms with Crippen LogP contribution in [0.2, 0.25) is 0 Å². The Balaban J connectivity index is 2.45. The Hall–Kier alpha value is -1.55. The molecule has 104 valence electrons. The fourth-order valence-electron chi connectivity index (χ4n) is 2.86. The summed E-state index contributed by atoms with van der Waals surface area (Å²) >= 11 is 0. The highest BCUT2D eigenvalue weighted by Gasteiger charge is 2.41. The second-order valence-electron chi connectivity index (χ2n) is 5.07. The highest BCUT2D eigenvalue weighted by molar-refractivity contribution is 5.87. The third kappa shape index (κ3) is 2.45. The van der Waals surface area contributed by atoms with Crippen LogP contribution in [0.15, 0.2) is 18.2 Å². The lowest BCUT2D eigenvalue weighted by atomic mass is 9.75. The van der Waals surface area contributed by atoms with Crippen molar-refractivity contribution in [1.82, 2.24) is 5.32 Å². The Morgan fingerprint density at radius 3 is 2.95 bits per heavy atom. The van der Waals surface area contributed by atoms with Gasteiger partial charge in [0.2, 0.25) is 5.91 Å². The summed E-state index contributed by atoms with van der Waals surface area (Å²) in [6.07, 6.45) is 3.66. The van der Waals surface area contributed by atoms with E-state index in [4.69, 9.17) is 10.5 Å². The topological polar surface area (TPSA) is 64.3 Å². The van der Waals surface area contributed by atoms with E-state index in [1.807, 2.05) is 18.2 Å². The summed E-state index contributed by atoms with van der Waals surface area (Å²) in [5.74, 6) is 0.543. The van der Waals surface area contributed by atoms with E-state index in [1.54, 1.807) is 7.11 Å². The van der Waals surface area contributed by atoms with Crippen molar-refractivity contribution in [2.75, 3.05) is 13.7 Å². The van der Waals surface area contributed by atoms with Crippen LogP contribution < -0.4 is 15.8 Å². The van der Waals surface area contributed by atoms with Gasteiger partial charge in [0.05, 0.1) is 7.11 Å². The number of benzene rings is 1. The normalized spacial score (nSPS) is 21.8. The lowest BCUT2D eigenvalue weighted by molar-refractivity contribution is -0.125. The monoisotopic (exact) mass is 262 g/mol. The van der Waals surface area contributed by atoms with Crippen LogP contribution in [0.3, 0.4) is 0 Å². The first-order valence-corrected chi connectivity index (χ1v) is 6.86. The number of ether oxygens (including phenoxy) is 1. The number of primary amides is 1. The van der Waals surface area contributed by atoms with Crippen molar-refractivity contribution < 1.29 is 9.53 Å². The first kappa shape index (κ1) is 13.9. The molecule has 1 aromatic rings. The van der Waals surface area contributed by atoms with Gasteiger partial charge in [-0.05, 0) is 55.5 Å². The van der Waals surface area contributed by atoms with E-state index in [2.05, 4.69) is 12.2 Å². The smallest absolute Gasteiger partial charge is 0.242 e. The molecule has 0 aliphatic heterocycles. The largest absolute Gasteiger partial charge is 0.497 e. The molecule has 4 heteroatoms. The van der Waals surface area contributed by atoms with Gasteiger partial charge in [0.1, 0.15) is 11.3 Å². The Morgan fingerprint density at radius 1 is 1.53 bits per heavy atom. The van der Waals surface area contributed by atoms with E-state index >= 15 is 0 Å². The van der Waals surface area contributed by atoms with Crippen LogP contribution in [-0.4, -0.2) is 19.6 Å². The summed E-state index contributed by atoms with van der Waals surface area (Å²) in [5, 5.41) is 3.36. The number of carbonyl (C=O) groups is 1. The maximum Gasteiger partial charge on any atom is 0.242 e. The highest BCUT2D eigenvalue weighted by atomic mass is 16.5. The molecule has 0 aromatic heterocycles. The minimum atomic E-state index is -0.712. The van der Waals surface area contributed by atoms with Gasteiger partial charge in [0, 0.05) is 0 Å². The fourth-order valence-corrected chi connectivity index (χ4v) is 2.86. The van der Waals surface area contributed by atoms with Crippen molar-refractivity contribution in [2.45, 2.75) is 38.1 Å². The number of fused-ring (bicyclic) bond motifs is 1. The van der Waals surface area contributed by atoms with Gasteiger partial charge >= 0.3 is 0 Å². The molecule has 1 aliphatic carbocycles. The number of nitrogens with one attached hydrogen (secondary N) is 1. The van der Waals surface area contributed by atoms with E-state index in [1.165, 1.54) is 0 Å². The summed E-state index contributed by atoms with van der Waals surface area (Å²) in [6, 6.07) is 5.88. The average molecular weight is 262 g/mol. The van der Waals surface area contributed by atoms with Crippen LogP contribution in [0.1, 0.15) is 37.3 Å². The molecule has 0 spiro atoms. The van der Waals surface area contributed by atoms with Crippen molar-refractivity contribution in [3.8, 4) is 5.75 Å². The van der Waals surface area contributed by atoms with Crippen molar-refractivity contribution in [1.29, 1.82) is 0 Å². The number of hydrogen-bond donors (Lipinski definition) is 2. The summed E-state index contributed by atoms with van der Waals surface area (Å²) in [5.41, 5.74) is 7.16. The molecule has 0 heterocycles. The average Bonchev–Trinajstić information content (AvgIpc) is 2.44. The molecule has 0 fully saturated rings. The van der Waals surface area contributed by atoms with Gasteiger partial charge in [-0.3, -0.25) is 10.1 Å². The zero-order valence-electron chi connectivity index (χ0n) is 11.7. The first-order valence-electron chi connectivity index (χ1n) is 6.86. The summed E-state index contributed by atoms with van der Waals surface area (Å²) < 4.78 is 5.25. The van der Waals surface area contributed by atoms with E-state index in [9.17, 15) is 4.79 Å². The highest BCUT2D eigenvalue weighted by Crippen LogP contribution is 2.37. The number of nitrogens with two attached hydrogens (primary N) is 1. The minimum Gasteiger partial charge on any atom is -0.497 e. The second-order valence-corrected chi connectivity index (χ2v) is 5.07. The molecule has 1 amide bonds. The van der Waals surface area contributed by atoms with Crippen LogP contribution in [-0.2, 0) is 16.8 Å². The molecule has 1 aliphatic rings. The van der Waals surface area contributed by atoms with Crippen molar-refractivity contribution in [3.05, 3.63) is 29.3 Å². The van der Waals surface area contributed by atoms with E-state index < -0.39 is 5.54 Å². The summed E-state index contributed by atoms with van der Waals surface area (Å²) in [4.78, 5) is 12.0. The molecule has 0 bridgehead atoms. The molecule has 4 nitrogen and oxygen atoms in total. The Labute approximate surface area is 114 Å². The first-order chi connectivity index (χ1) is 9.14. The van der Waals surface area contributed by atoms with Crippen LogP contribution >= 0.6 is 0 Å². The van der Waals surface area contributed by atoms with Gasteiger partial charge in [0.15, 0.2) is 0 Å². The SMILES string of the molecule is CCCNC1(C(N)=O)CCCc2cc(OC)ccc21. The molecule has 2 rings (SSSR count). The van der Waals surface area contributed by atoms with Gasteiger partial charge in [-0.25, -0.2) is 0 Å². The molecule has 1 atom stereocenters. The zero-order chi connectivity index (χ0) is 13.9. The minimum absolute atomic E-state index is 0.285. The van der Waals surface area contributed by atoms with Crippen molar-refractivity contribution in [2.24, 2.45) is 5.73 Å². The van der Waals surface area contributed by atoms with Crippen molar-refractivity contribution >= 4 is 5.91 Å². The number of amides is 1.